The fourth-order valence-corrected chi connectivity index (χ4v) is 1.99. The number of nitrogens with one attached hydrogen (secondary N) is 1. The van der Waals surface area contributed by atoms with Gasteiger partial charge in [0.2, 0.25) is 0 Å². The fraction of sp³-hybridized carbons (Fsp3) is 0.455. The van der Waals surface area contributed by atoms with E-state index in [9.17, 15) is 5.11 Å². The largest absolute Gasteiger partial charge is 0.507 e. The lowest BCUT2D eigenvalue weighted by atomic mass is 10.0. The highest BCUT2D eigenvalue weighted by molar-refractivity contribution is 9.10. The second-order valence-corrected chi connectivity index (χ2v) is 4.20. The van der Waals surface area contributed by atoms with Gasteiger partial charge in [-0.3, -0.25) is 0 Å². The summed E-state index contributed by atoms with van der Waals surface area (Å²) < 4.78 is 1.04. The number of likely N-dealkylation sites (N-methyl/N-ethyl adjacent to an activating group) is 1. The first-order chi connectivity index (χ1) is 6.69. The van der Waals surface area contributed by atoms with Crippen LogP contribution in [0.2, 0.25) is 0 Å². The molecular formula is C11H16BrNO. The van der Waals surface area contributed by atoms with Gasteiger partial charge < -0.3 is 10.4 Å². The van der Waals surface area contributed by atoms with E-state index in [1.165, 1.54) is 0 Å². The molecular weight excluding hydrogens is 242 g/mol. The molecule has 1 rings (SSSR count). The van der Waals surface area contributed by atoms with E-state index >= 15 is 0 Å². The van der Waals surface area contributed by atoms with Gasteiger partial charge in [-0.15, -0.1) is 0 Å². The van der Waals surface area contributed by atoms with Gasteiger partial charge in [0.05, 0.1) is 0 Å². The lowest BCUT2D eigenvalue weighted by Crippen LogP contribution is -2.10. The van der Waals surface area contributed by atoms with Crippen molar-refractivity contribution in [2.24, 2.45) is 0 Å². The van der Waals surface area contributed by atoms with E-state index in [-0.39, 0.29) is 0 Å². The minimum Gasteiger partial charge on any atom is -0.507 e. The van der Waals surface area contributed by atoms with Crippen LogP contribution in [0.5, 0.6) is 5.75 Å². The van der Waals surface area contributed by atoms with Gasteiger partial charge >= 0.3 is 0 Å². The van der Waals surface area contributed by atoms with Crippen molar-refractivity contribution in [1.82, 2.24) is 5.32 Å². The summed E-state index contributed by atoms with van der Waals surface area (Å²) >= 11 is 3.45. The van der Waals surface area contributed by atoms with Crippen molar-refractivity contribution in [2.45, 2.75) is 19.8 Å². The van der Waals surface area contributed by atoms with Gasteiger partial charge in [0.25, 0.3) is 0 Å². The molecule has 0 spiro atoms. The molecule has 0 unspecified atom stereocenters. The third kappa shape index (κ3) is 2.72. The number of aryl methyl sites for hydroxylation is 1. The summed E-state index contributed by atoms with van der Waals surface area (Å²) in [6.45, 7) is 2.93. The minimum absolute atomic E-state index is 0.450. The Balaban J connectivity index is 2.96. The third-order valence-electron chi connectivity index (χ3n) is 2.26. The van der Waals surface area contributed by atoms with Crippen LogP contribution in [0.4, 0.5) is 0 Å². The van der Waals surface area contributed by atoms with Crippen molar-refractivity contribution in [3.8, 4) is 5.75 Å². The summed E-state index contributed by atoms with van der Waals surface area (Å²) in [6, 6.07) is 3.95. The van der Waals surface area contributed by atoms with E-state index in [1.807, 2.05) is 26.1 Å². The summed E-state index contributed by atoms with van der Waals surface area (Å²) in [5.74, 6) is 0.450. The first-order valence-corrected chi connectivity index (χ1v) is 5.63. The topological polar surface area (TPSA) is 32.3 Å². The van der Waals surface area contributed by atoms with Crippen LogP contribution in [-0.4, -0.2) is 18.7 Å². The number of benzene rings is 1. The molecule has 0 aliphatic rings. The highest BCUT2D eigenvalue weighted by Gasteiger charge is 2.07. The fourth-order valence-electron chi connectivity index (χ4n) is 1.44. The van der Waals surface area contributed by atoms with Crippen LogP contribution in [0.3, 0.4) is 0 Å². The average molecular weight is 258 g/mol. The van der Waals surface area contributed by atoms with Crippen LogP contribution in [0.25, 0.3) is 0 Å². The summed E-state index contributed by atoms with van der Waals surface area (Å²) in [5, 5.41) is 13.0. The van der Waals surface area contributed by atoms with Gasteiger partial charge in [-0.05, 0) is 49.7 Å². The highest BCUT2D eigenvalue weighted by Crippen LogP contribution is 2.27. The lowest BCUT2D eigenvalue weighted by Gasteiger charge is -2.09. The van der Waals surface area contributed by atoms with E-state index in [1.54, 1.807) is 0 Å². The molecule has 1 aromatic rings. The summed E-state index contributed by atoms with van der Waals surface area (Å²) in [6.07, 6.45) is 1.71. The molecule has 0 radical (unpaired) electrons. The Bertz CT molecular complexity index is 312. The minimum atomic E-state index is 0.450. The normalized spacial score (nSPS) is 10.5. The molecule has 2 N–H and O–H groups in total. The Morgan fingerprint density at radius 2 is 2.00 bits per heavy atom. The molecule has 0 saturated heterocycles. The van der Waals surface area contributed by atoms with Gasteiger partial charge in [0.1, 0.15) is 5.75 Å². The van der Waals surface area contributed by atoms with Crippen LogP contribution >= 0.6 is 15.9 Å². The van der Waals surface area contributed by atoms with Gasteiger partial charge in [-0.1, -0.05) is 22.9 Å². The van der Waals surface area contributed by atoms with Gasteiger partial charge in [0, 0.05) is 4.47 Å². The molecule has 0 bridgehead atoms. The highest BCUT2D eigenvalue weighted by atomic mass is 79.9. The van der Waals surface area contributed by atoms with Crippen LogP contribution in [0.1, 0.15) is 18.1 Å². The van der Waals surface area contributed by atoms with Gasteiger partial charge in [0.15, 0.2) is 0 Å². The van der Waals surface area contributed by atoms with Crippen LogP contribution in [0.15, 0.2) is 16.6 Å². The Morgan fingerprint density at radius 1 is 1.36 bits per heavy atom. The van der Waals surface area contributed by atoms with Crippen molar-refractivity contribution >= 4 is 15.9 Å². The molecule has 0 aliphatic carbocycles. The van der Waals surface area contributed by atoms with Crippen molar-refractivity contribution in [2.75, 3.05) is 13.6 Å². The van der Waals surface area contributed by atoms with Crippen molar-refractivity contribution in [3.05, 3.63) is 27.7 Å². The Morgan fingerprint density at radius 3 is 2.57 bits per heavy atom. The Labute approximate surface area is 93.5 Å². The average Bonchev–Trinajstić information content (AvgIpc) is 2.18. The molecule has 0 aromatic heterocycles. The van der Waals surface area contributed by atoms with E-state index in [0.717, 1.165) is 35.0 Å². The smallest absolute Gasteiger partial charge is 0.122 e. The second-order valence-electron chi connectivity index (χ2n) is 3.28. The number of halogens is 1. The molecule has 0 saturated carbocycles. The zero-order chi connectivity index (χ0) is 10.6. The van der Waals surface area contributed by atoms with Crippen LogP contribution in [0, 0.1) is 0 Å². The maximum absolute atomic E-state index is 9.89. The molecule has 0 amide bonds. The molecule has 78 valence electrons. The molecule has 0 heterocycles. The predicted molar refractivity (Wildman–Crippen MR) is 62.8 cm³/mol. The van der Waals surface area contributed by atoms with Crippen LogP contribution < -0.4 is 5.32 Å². The number of hydrogen-bond acceptors (Lipinski definition) is 2. The van der Waals surface area contributed by atoms with Gasteiger partial charge in [-0.2, -0.15) is 0 Å². The Hall–Kier alpha value is -0.540. The predicted octanol–water partition coefficient (Wildman–Crippen LogP) is 2.48. The van der Waals surface area contributed by atoms with Crippen molar-refractivity contribution in [1.29, 1.82) is 0 Å². The molecule has 0 atom stereocenters. The monoisotopic (exact) mass is 257 g/mol. The zero-order valence-electron chi connectivity index (χ0n) is 8.60. The number of phenols is 1. The molecule has 2 nitrogen and oxygen atoms in total. The Kier molecular flexibility index (Phi) is 4.42. The van der Waals surface area contributed by atoms with E-state index in [0.29, 0.717) is 5.75 Å². The quantitative estimate of drug-likeness (QED) is 0.869. The summed E-state index contributed by atoms with van der Waals surface area (Å²) in [4.78, 5) is 0. The molecule has 3 heteroatoms. The summed E-state index contributed by atoms with van der Waals surface area (Å²) in [5.41, 5.74) is 2.01. The molecule has 14 heavy (non-hydrogen) atoms. The third-order valence-corrected chi connectivity index (χ3v) is 2.72. The maximum Gasteiger partial charge on any atom is 0.122 e. The van der Waals surface area contributed by atoms with Crippen molar-refractivity contribution < 1.29 is 5.11 Å². The van der Waals surface area contributed by atoms with Crippen LogP contribution in [-0.2, 0) is 12.8 Å². The second kappa shape index (κ2) is 5.37. The lowest BCUT2D eigenvalue weighted by molar-refractivity contribution is 0.461. The molecule has 0 aliphatic heterocycles. The number of aromatic hydroxyl groups is 1. The first-order valence-electron chi connectivity index (χ1n) is 4.84. The maximum atomic E-state index is 9.89. The van der Waals surface area contributed by atoms with E-state index in [2.05, 4.69) is 21.2 Å². The molecule has 0 fully saturated rings. The number of rotatable bonds is 4. The zero-order valence-corrected chi connectivity index (χ0v) is 10.2. The SMILES string of the molecule is CCc1cc(Br)cc(CCNC)c1O. The van der Waals surface area contributed by atoms with Crippen molar-refractivity contribution in [3.63, 3.8) is 0 Å². The van der Waals surface area contributed by atoms with E-state index in [4.69, 9.17) is 0 Å². The number of hydrogen-bond donors (Lipinski definition) is 2. The van der Waals surface area contributed by atoms with Gasteiger partial charge in [-0.25, -0.2) is 0 Å². The first kappa shape index (κ1) is 11.5. The molecule has 1 aromatic carbocycles. The number of phenolic OH excluding ortho intramolecular Hbond substituents is 1. The standard InChI is InChI=1S/C11H16BrNO/c1-3-8-6-10(12)7-9(11(8)14)4-5-13-2/h6-7,13-14H,3-5H2,1-2H3. The van der Waals surface area contributed by atoms with E-state index < -0.39 is 0 Å². The summed E-state index contributed by atoms with van der Waals surface area (Å²) in [7, 11) is 1.91.